The van der Waals surface area contributed by atoms with Gasteiger partial charge in [-0.3, -0.25) is 9.69 Å². The summed E-state index contributed by atoms with van der Waals surface area (Å²) in [5, 5.41) is 2.89. The molecule has 0 aromatic heterocycles. The Kier molecular flexibility index (Phi) is 6.83. The molecule has 0 spiro atoms. The molecular formula is C24H32N4O3S. The van der Waals surface area contributed by atoms with Crippen LogP contribution in [0.3, 0.4) is 0 Å². The summed E-state index contributed by atoms with van der Waals surface area (Å²) in [4.78, 5) is 17.3. The molecule has 1 amide bonds. The third kappa shape index (κ3) is 4.98. The number of hydrogen-bond donors (Lipinski definition) is 1. The minimum atomic E-state index is -3.43. The van der Waals surface area contributed by atoms with E-state index in [4.69, 9.17) is 0 Å². The molecule has 0 bridgehead atoms. The Balaban J connectivity index is 1.28. The molecule has 4 rings (SSSR count). The maximum absolute atomic E-state index is 12.6. The summed E-state index contributed by atoms with van der Waals surface area (Å²) < 4.78 is 26.8. The van der Waals surface area contributed by atoms with Gasteiger partial charge in [-0.25, -0.2) is 8.42 Å². The van der Waals surface area contributed by atoms with E-state index in [1.54, 1.807) is 24.3 Å². The maximum atomic E-state index is 12.6. The van der Waals surface area contributed by atoms with Gasteiger partial charge in [-0.05, 0) is 68.1 Å². The lowest BCUT2D eigenvalue weighted by molar-refractivity contribution is -0.117. The summed E-state index contributed by atoms with van der Waals surface area (Å²) in [5.41, 5.74) is 4.50. The van der Waals surface area contributed by atoms with E-state index < -0.39 is 10.0 Å². The summed E-state index contributed by atoms with van der Waals surface area (Å²) in [6.07, 6.45) is 1.82. The Morgan fingerprint density at radius 3 is 2.22 bits per heavy atom. The number of hydrogen-bond acceptors (Lipinski definition) is 5. The Hall–Kier alpha value is -2.42. The zero-order chi connectivity index (χ0) is 22.7. The molecule has 0 unspecified atom stereocenters. The van der Waals surface area contributed by atoms with Crippen molar-refractivity contribution in [2.45, 2.75) is 31.6 Å². The lowest BCUT2D eigenvalue weighted by atomic mass is 10.1. The summed E-state index contributed by atoms with van der Waals surface area (Å²) in [7, 11) is -3.43. The molecule has 0 aliphatic carbocycles. The highest BCUT2D eigenvalue weighted by Crippen LogP contribution is 2.24. The summed E-state index contributed by atoms with van der Waals surface area (Å²) in [5.74, 6) is -0.0830. The smallest absolute Gasteiger partial charge is 0.243 e. The van der Waals surface area contributed by atoms with Gasteiger partial charge in [0.2, 0.25) is 15.9 Å². The molecule has 0 radical (unpaired) electrons. The van der Waals surface area contributed by atoms with Crippen molar-refractivity contribution < 1.29 is 13.2 Å². The number of rotatable bonds is 6. The van der Waals surface area contributed by atoms with Crippen LogP contribution in [0.2, 0.25) is 0 Å². The quantitative estimate of drug-likeness (QED) is 0.724. The number of piperazine rings is 1. The molecule has 2 saturated heterocycles. The van der Waals surface area contributed by atoms with Crippen LogP contribution < -0.4 is 10.2 Å². The Morgan fingerprint density at radius 1 is 0.906 bits per heavy atom. The number of nitrogens with one attached hydrogen (secondary N) is 1. The van der Waals surface area contributed by atoms with Crippen LogP contribution in [-0.4, -0.2) is 69.3 Å². The highest BCUT2D eigenvalue weighted by Gasteiger charge is 2.27. The normalized spacial score (nSPS) is 18.1. The number of nitrogens with zero attached hydrogens (tertiary/aromatic N) is 3. The SMILES string of the molecule is Cc1cccc(N2CCN(CC(=O)Nc3ccc(S(=O)(=O)N4CCCC4)cc3)CC2)c1C. The number of carbonyl (C=O) groups excluding carboxylic acids is 1. The topological polar surface area (TPSA) is 73.0 Å². The summed E-state index contributed by atoms with van der Waals surface area (Å²) in [6, 6.07) is 12.9. The number of anilines is 2. The average Bonchev–Trinajstić information content (AvgIpc) is 3.33. The first-order chi connectivity index (χ1) is 15.3. The molecule has 2 heterocycles. The standard InChI is InChI=1S/C24H32N4O3S/c1-19-6-5-7-23(20(19)2)27-16-14-26(15-17-27)18-24(29)25-21-8-10-22(11-9-21)32(30,31)28-12-3-4-13-28/h5-11H,3-4,12-18H2,1-2H3,(H,25,29). The van der Waals surface area contributed by atoms with Gasteiger partial charge in [0.1, 0.15) is 0 Å². The maximum Gasteiger partial charge on any atom is 0.243 e. The molecule has 1 N–H and O–H groups in total. The number of sulfonamides is 1. The first-order valence-corrected chi connectivity index (χ1v) is 12.7. The van der Waals surface area contributed by atoms with E-state index >= 15 is 0 Å². The highest BCUT2D eigenvalue weighted by molar-refractivity contribution is 7.89. The third-order valence-electron chi connectivity index (χ3n) is 6.50. The Labute approximate surface area is 191 Å². The van der Waals surface area contributed by atoms with Crippen LogP contribution in [0.1, 0.15) is 24.0 Å². The average molecular weight is 457 g/mol. The number of benzene rings is 2. The second kappa shape index (κ2) is 9.60. The molecule has 0 atom stereocenters. The predicted molar refractivity (Wildman–Crippen MR) is 128 cm³/mol. The van der Waals surface area contributed by atoms with Gasteiger partial charge in [0.25, 0.3) is 0 Å². The predicted octanol–water partition coefficient (Wildman–Crippen LogP) is 2.85. The minimum absolute atomic E-state index is 0.0830. The van der Waals surface area contributed by atoms with Gasteiger partial charge in [-0.15, -0.1) is 0 Å². The zero-order valence-corrected chi connectivity index (χ0v) is 19.7. The fraction of sp³-hybridized carbons (Fsp3) is 0.458. The fourth-order valence-electron chi connectivity index (χ4n) is 4.42. The molecule has 172 valence electrons. The van der Waals surface area contributed by atoms with E-state index in [-0.39, 0.29) is 10.8 Å². The van der Waals surface area contributed by atoms with Crippen molar-refractivity contribution in [3.05, 3.63) is 53.6 Å². The molecule has 8 heteroatoms. The van der Waals surface area contributed by atoms with Crippen LogP contribution in [0.4, 0.5) is 11.4 Å². The van der Waals surface area contributed by atoms with Crippen LogP contribution in [0.15, 0.2) is 47.4 Å². The van der Waals surface area contributed by atoms with Crippen LogP contribution in [0.25, 0.3) is 0 Å². The van der Waals surface area contributed by atoms with E-state index in [1.165, 1.54) is 21.1 Å². The number of aryl methyl sites for hydroxylation is 1. The molecule has 2 fully saturated rings. The van der Waals surface area contributed by atoms with Crippen molar-refractivity contribution in [1.29, 1.82) is 0 Å². The largest absolute Gasteiger partial charge is 0.369 e. The zero-order valence-electron chi connectivity index (χ0n) is 18.9. The summed E-state index contributed by atoms with van der Waals surface area (Å²) in [6.45, 7) is 9.21. The van der Waals surface area contributed by atoms with Crippen molar-refractivity contribution in [3.63, 3.8) is 0 Å². The molecule has 2 aliphatic heterocycles. The van der Waals surface area contributed by atoms with Gasteiger partial charge in [0, 0.05) is 50.6 Å². The van der Waals surface area contributed by atoms with Gasteiger partial charge in [-0.2, -0.15) is 4.31 Å². The molecular weight excluding hydrogens is 424 g/mol. The van der Waals surface area contributed by atoms with E-state index in [1.807, 2.05) is 0 Å². The fourth-order valence-corrected chi connectivity index (χ4v) is 5.93. The lowest BCUT2D eigenvalue weighted by Crippen LogP contribution is -2.48. The number of carbonyl (C=O) groups is 1. The molecule has 32 heavy (non-hydrogen) atoms. The van der Waals surface area contributed by atoms with Crippen LogP contribution in [-0.2, 0) is 14.8 Å². The van der Waals surface area contributed by atoms with E-state index in [9.17, 15) is 13.2 Å². The van der Waals surface area contributed by atoms with E-state index in [0.29, 0.717) is 25.3 Å². The van der Waals surface area contributed by atoms with Crippen LogP contribution in [0.5, 0.6) is 0 Å². The second-order valence-electron chi connectivity index (χ2n) is 8.67. The molecule has 2 aromatic carbocycles. The van der Waals surface area contributed by atoms with Gasteiger partial charge < -0.3 is 10.2 Å². The number of amides is 1. The van der Waals surface area contributed by atoms with Gasteiger partial charge >= 0.3 is 0 Å². The summed E-state index contributed by atoms with van der Waals surface area (Å²) >= 11 is 0. The molecule has 0 saturated carbocycles. The first-order valence-electron chi connectivity index (χ1n) is 11.3. The molecule has 7 nitrogen and oxygen atoms in total. The van der Waals surface area contributed by atoms with Crippen LogP contribution >= 0.6 is 0 Å². The molecule has 2 aliphatic rings. The molecule has 2 aromatic rings. The van der Waals surface area contributed by atoms with E-state index in [0.717, 1.165) is 39.0 Å². The van der Waals surface area contributed by atoms with Crippen molar-refractivity contribution >= 4 is 27.3 Å². The van der Waals surface area contributed by atoms with Crippen molar-refractivity contribution in [2.75, 3.05) is 56.0 Å². The van der Waals surface area contributed by atoms with E-state index in [2.05, 4.69) is 47.2 Å². The van der Waals surface area contributed by atoms with Gasteiger partial charge in [-0.1, -0.05) is 12.1 Å². The third-order valence-corrected chi connectivity index (χ3v) is 8.41. The second-order valence-corrected chi connectivity index (χ2v) is 10.6. The van der Waals surface area contributed by atoms with Crippen molar-refractivity contribution in [3.8, 4) is 0 Å². The van der Waals surface area contributed by atoms with Gasteiger partial charge in [0.15, 0.2) is 0 Å². The van der Waals surface area contributed by atoms with Crippen molar-refractivity contribution in [1.82, 2.24) is 9.21 Å². The monoisotopic (exact) mass is 456 g/mol. The van der Waals surface area contributed by atoms with Gasteiger partial charge in [0.05, 0.1) is 11.4 Å². The van der Waals surface area contributed by atoms with Crippen molar-refractivity contribution in [2.24, 2.45) is 0 Å². The first kappa shape index (κ1) is 22.8. The highest BCUT2D eigenvalue weighted by atomic mass is 32.2. The van der Waals surface area contributed by atoms with Crippen LogP contribution in [0, 0.1) is 13.8 Å². The lowest BCUT2D eigenvalue weighted by Gasteiger charge is -2.36. The Bertz CT molecular complexity index is 1060. The minimum Gasteiger partial charge on any atom is -0.369 e. The Morgan fingerprint density at radius 2 is 1.56 bits per heavy atom.